The fraction of sp³-hybridized carbons (Fsp3) is 0.923. The van der Waals surface area contributed by atoms with Gasteiger partial charge in [0.2, 0.25) is 5.24 Å². The number of ether oxygens (including phenoxy) is 3. The summed E-state index contributed by atoms with van der Waals surface area (Å²) in [7, 11) is 0. The number of carbonyl (C=O) groups is 4. The van der Waals surface area contributed by atoms with Crippen molar-refractivity contribution in [1.82, 2.24) is 0 Å². The van der Waals surface area contributed by atoms with E-state index in [1.165, 1.54) is 116 Å². The third-order valence-corrected chi connectivity index (χ3v) is 17.9. The molecular formula is C52H81ClO8. The molecule has 344 valence electrons. The van der Waals surface area contributed by atoms with Crippen molar-refractivity contribution in [1.29, 1.82) is 0 Å². The van der Waals surface area contributed by atoms with E-state index >= 15 is 0 Å². The summed E-state index contributed by atoms with van der Waals surface area (Å²) in [5, 5.41) is 10.0. The first-order valence-corrected chi connectivity index (χ1v) is 25.5. The molecule has 0 spiro atoms. The van der Waals surface area contributed by atoms with Gasteiger partial charge in [-0.1, -0.05) is 12.8 Å². The second-order valence-electron chi connectivity index (χ2n) is 25.4. The van der Waals surface area contributed by atoms with Gasteiger partial charge in [-0.25, -0.2) is 0 Å². The highest BCUT2D eigenvalue weighted by Gasteiger charge is 2.54. The van der Waals surface area contributed by atoms with E-state index in [1.54, 1.807) is 0 Å². The first-order chi connectivity index (χ1) is 28.7. The Labute approximate surface area is 372 Å². The molecule has 0 aromatic rings. The predicted octanol–water partition coefficient (Wildman–Crippen LogP) is 11.5. The topological polar surface area (TPSA) is 116 Å². The third kappa shape index (κ3) is 11.6. The van der Waals surface area contributed by atoms with E-state index in [-0.39, 0.29) is 47.5 Å². The standard InChI is InChI=1S/C26H40O4.C14H24O3.C12H17ClO/c1-25(2,3)30-23(27)11-22(21-10-16-4-5-20(21)9-16)29-24(28)15-26-12-17-6-18(13-26)8-19(7-17)14-26;1-14(2,3)17-13(16)8-12(15)11-7-9-4-5-10(11)6-9;13-11(14)7-12-4-8-1-9(5-12)3-10(2-8)6-12/h16-22H,4-15H2,1-3H3;9-12,15H,4-8H2,1-3H3;8-10H,1-7H2. The summed E-state index contributed by atoms with van der Waals surface area (Å²) in [4.78, 5) is 48.5. The van der Waals surface area contributed by atoms with Crippen molar-refractivity contribution in [2.24, 2.45) is 81.8 Å². The van der Waals surface area contributed by atoms with Crippen LogP contribution in [0.25, 0.3) is 0 Å². The van der Waals surface area contributed by atoms with Gasteiger partial charge >= 0.3 is 17.9 Å². The minimum atomic E-state index is -0.500. The van der Waals surface area contributed by atoms with Gasteiger partial charge in [0.05, 0.1) is 25.4 Å². The number of hydrogen-bond acceptors (Lipinski definition) is 8. The van der Waals surface area contributed by atoms with Gasteiger partial charge in [-0.05, 0) is 251 Å². The zero-order valence-electron chi connectivity index (χ0n) is 38.7. The van der Waals surface area contributed by atoms with Gasteiger partial charge < -0.3 is 19.3 Å². The van der Waals surface area contributed by atoms with Crippen LogP contribution in [0.5, 0.6) is 0 Å². The molecule has 0 radical (unpaired) electrons. The zero-order valence-corrected chi connectivity index (χ0v) is 39.5. The summed E-state index contributed by atoms with van der Waals surface area (Å²) in [6.45, 7) is 11.3. The highest BCUT2D eigenvalue weighted by atomic mass is 35.5. The van der Waals surface area contributed by atoms with Gasteiger partial charge in [0.1, 0.15) is 17.3 Å². The maximum Gasteiger partial charge on any atom is 0.310 e. The number of esters is 3. The molecule has 12 bridgehead atoms. The average molecular weight is 870 g/mol. The molecule has 0 aromatic heterocycles. The molecule has 1 N–H and O–H groups in total. The second-order valence-corrected chi connectivity index (χ2v) is 25.8. The normalized spacial score (nSPS) is 41.6. The minimum Gasteiger partial charge on any atom is -0.461 e. The fourth-order valence-electron chi connectivity index (χ4n) is 16.9. The fourth-order valence-corrected chi connectivity index (χ4v) is 17.2. The zero-order chi connectivity index (χ0) is 43.5. The number of halogens is 1. The first kappa shape index (κ1) is 45.9. The largest absolute Gasteiger partial charge is 0.461 e. The van der Waals surface area contributed by atoms with Crippen molar-refractivity contribution in [2.75, 3.05) is 0 Å². The lowest BCUT2D eigenvalue weighted by molar-refractivity contribution is -0.168. The van der Waals surface area contributed by atoms with Crippen LogP contribution in [0.1, 0.15) is 196 Å². The Bertz CT molecular complexity index is 1540. The Hall–Kier alpha value is -1.67. The molecule has 8 nitrogen and oxygen atoms in total. The number of aliphatic hydroxyl groups excluding tert-OH is 1. The highest BCUT2D eigenvalue weighted by molar-refractivity contribution is 6.63. The SMILES string of the molecule is CC(C)(C)OC(=O)CC(O)C1CC2CCC1C2.CC(C)(C)OC(=O)CC(OC(=O)CC12CC3CC(CC(C3)C1)C2)C1CC2CCC1C2.O=C(Cl)CC12CC3CC(CC(C3)C1)C2. The monoisotopic (exact) mass is 869 g/mol. The van der Waals surface area contributed by atoms with Crippen LogP contribution < -0.4 is 0 Å². The van der Waals surface area contributed by atoms with Gasteiger partial charge in [-0.15, -0.1) is 0 Å². The number of rotatable bonds is 11. The van der Waals surface area contributed by atoms with E-state index in [0.717, 1.165) is 60.2 Å². The molecule has 12 rings (SSSR count). The molecule has 0 aliphatic heterocycles. The van der Waals surface area contributed by atoms with Gasteiger partial charge in [0.15, 0.2) is 0 Å². The van der Waals surface area contributed by atoms with Crippen LogP contribution in [0.2, 0.25) is 0 Å². The molecule has 12 fully saturated rings. The lowest BCUT2D eigenvalue weighted by Gasteiger charge is -2.56. The third-order valence-electron chi connectivity index (χ3n) is 17.8. The highest BCUT2D eigenvalue weighted by Crippen LogP contribution is 2.63. The Morgan fingerprint density at radius 1 is 0.525 bits per heavy atom. The number of carbonyl (C=O) groups excluding carboxylic acids is 4. The molecule has 0 aromatic carbocycles. The van der Waals surface area contributed by atoms with E-state index in [4.69, 9.17) is 25.8 Å². The van der Waals surface area contributed by atoms with Crippen LogP contribution in [0.15, 0.2) is 0 Å². The van der Waals surface area contributed by atoms with Crippen molar-refractivity contribution in [2.45, 2.75) is 219 Å². The maximum absolute atomic E-state index is 13.2. The Morgan fingerprint density at radius 3 is 1.28 bits per heavy atom. The predicted molar refractivity (Wildman–Crippen MR) is 236 cm³/mol. The molecular weight excluding hydrogens is 788 g/mol. The molecule has 9 heteroatoms. The van der Waals surface area contributed by atoms with Gasteiger partial charge in [0.25, 0.3) is 0 Å². The number of fused-ring (bicyclic) bond motifs is 4. The summed E-state index contributed by atoms with van der Waals surface area (Å²) in [5.41, 5.74) is -0.421. The van der Waals surface area contributed by atoms with Crippen molar-refractivity contribution in [3.05, 3.63) is 0 Å². The summed E-state index contributed by atoms with van der Waals surface area (Å²) in [5.74, 6) is 8.28. The Kier molecular flexibility index (Phi) is 13.5. The molecule has 61 heavy (non-hydrogen) atoms. The quantitative estimate of drug-likeness (QED) is 0.124. The van der Waals surface area contributed by atoms with Gasteiger partial charge in [0, 0.05) is 6.42 Å². The van der Waals surface area contributed by atoms with E-state index in [9.17, 15) is 24.3 Å². The Morgan fingerprint density at radius 2 is 0.918 bits per heavy atom. The van der Waals surface area contributed by atoms with Crippen LogP contribution in [0.4, 0.5) is 0 Å². The van der Waals surface area contributed by atoms with Crippen LogP contribution in [-0.2, 0) is 33.4 Å². The Balaban J connectivity index is 0.000000139. The van der Waals surface area contributed by atoms with E-state index < -0.39 is 17.3 Å². The molecule has 0 amide bonds. The second kappa shape index (κ2) is 18.0. The molecule has 12 aliphatic carbocycles. The maximum atomic E-state index is 13.2. The number of aliphatic hydroxyl groups is 1. The molecule has 12 aliphatic rings. The lowest BCUT2D eigenvalue weighted by atomic mass is 9.49. The van der Waals surface area contributed by atoms with Crippen LogP contribution in [0.3, 0.4) is 0 Å². The van der Waals surface area contributed by atoms with Crippen molar-refractivity contribution >= 4 is 34.8 Å². The molecule has 8 unspecified atom stereocenters. The van der Waals surface area contributed by atoms with Crippen molar-refractivity contribution in [3.63, 3.8) is 0 Å². The summed E-state index contributed by atoms with van der Waals surface area (Å²) >= 11 is 5.57. The van der Waals surface area contributed by atoms with Crippen molar-refractivity contribution < 1.29 is 38.5 Å². The molecule has 12 saturated carbocycles. The van der Waals surface area contributed by atoms with Gasteiger partial charge in [-0.2, -0.15) is 0 Å². The van der Waals surface area contributed by atoms with Crippen LogP contribution >= 0.6 is 11.6 Å². The van der Waals surface area contributed by atoms with Crippen LogP contribution in [-0.4, -0.2) is 51.7 Å². The van der Waals surface area contributed by atoms with Crippen LogP contribution in [0, 0.1) is 81.8 Å². The van der Waals surface area contributed by atoms with Crippen molar-refractivity contribution in [3.8, 4) is 0 Å². The molecule has 8 atom stereocenters. The molecule has 0 heterocycles. The van der Waals surface area contributed by atoms with E-state index in [0.29, 0.717) is 41.9 Å². The molecule has 0 saturated heterocycles. The summed E-state index contributed by atoms with van der Waals surface area (Å²) in [6.07, 6.45) is 26.7. The first-order valence-electron chi connectivity index (χ1n) is 25.2. The smallest absolute Gasteiger partial charge is 0.310 e. The minimum absolute atomic E-state index is 0.0479. The summed E-state index contributed by atoms with van der Waals surface area (Å²) in [6, 6.07) is 0. The van der Waals surface area contributed by atoms with Gasteiger partial charge in [-0.3, -0.25) is 19.2 Å². The summed E-state index contributed by atoms with van der Waals surface area (Å²) < 4.78 is 17.0. The van der Waals surface area contributed by atoms with E-state index in [2.05, 4.69) is 0 Å². The lowest BCUT2D eigenvalue weighted by Crippen LogP contribution is -2.47. The number of hydrogen-bond donors (Lipinski definition) is 1. The van der Waals surface area contributed by atoms with E-state index in [1.807, 2.05) is 41.5 Å². The average Bonchev–Trinajstić information content (AvgIpc) is 3.92.